The maximum absolute atomic E-state index is 13.8. The molecule has 3 fully saturated rings. The molecule has 0 spiro atoms. The molecular weight excluding hydrogens is 471 g/mol. The summed E-state index contributed by atoms with van der Waals surface area (Å²) in [5, 5.41) is 0.989. The molecule has 0 amide bonds. The van der Waals surface area contributed by atoms with E-state index in [4.69, 9.17) is 10.5 Å². The van der Waals surface area contributed by atoms with Crippen LogP contribution in [0.2, 0.25) is 0 Å². The zero-order chi connectivity index (χ0) is 25.7. The molecule has 0 aliphatic carbocycles. The number of ether oxygens (including phenoxy) is 1. The van der Waals surface area contributed by atoms with Crippen LogP contribution in [-0.4, -0.2) is 84.7 Å². The van der Waals surface area contributed by atoms with E-state index >= 15 is 0 Å². The molecule has 2 aromatic heterocycles. The van der Waals surface area contributed by atoms with Crippen LogP contribution in [0, 0.1) is 0 Å². The van der Waals surface area contributed by atoms with Gasteiger partial charge in [0.15, 0.2) is 0 Å². The molecule has 4 atom stereocenters. The Balaban J connectivity index is 1.08. The first kappa shape index (κ1) is 24.3. The van der Waals surface area contributed by atoms with Crippen molar-refractivity contribution in [3.63, 3.8) is 0 Å². The molecule has 1 aromatic carbocycles. The van der Waals surface area contributed by atoms with Crippen molar-refractivity contribution in [2.75, 3.05) is 55.6 Å². The van der Waals surface area contributed by atoms with Crippen LogP contribution in [0.3, 0.4) is 0 Å². The van der Waals surface area contributed by atoms with Gasteiger partial charge in [-0.15, -0.1) is 0 Å². The van der Waals surface area contributed by atoms with Gasteiger partial charge in [-0.1, -0.05) is 12.1 Å². The number of nitrogens with zero attached hydrogens (tertiary/aromatic N) is 5. The Morgan fingerprint density at radius 3 is 2.57 bits per heavy atom. The lowest BCUT2D eigenvalue weighted by Gasteiger charge is -2.45. The molecule has 0 bridgehead atoms. The van der Waals surface area contributed by atoms with Gasteiger partial charge >= 0.3 is 0 Å². The van der Waals surface area contributed by atoms with E-state index in [0.29, 0.717) is 24.7 Å². The number of benzene rings is 1. The van der Waals surface area contributed by atoms with Gasteiger partial charge in [0, 0.05) is 75.6 Å². The van der Waals surface area contributed by atoms with Gasteiger partial charge in [-0.3, -0.25) is 14.3 Å². The molecular formula is C28H35FN6O2. The number of aromatic nitrogens is 2. The van der Waals surface area contributed by atoms with Crippen LogP contribution in [0.1, 0.15) is 18.4 Å². The summed E-state index contributed by atoms with van der Waals surface area (Å²) in [4.78, 5) is 23.8. The fourth-order valence-corrected chi connectivity index (χ4v) is 6.04. The first-order valence-electron chi connectivity index (χ1n) is 13.2. The monoisotopic (exact) mass is 506 g/mol. The number of fused-ring (bicyclic) bond motifs is 1. The third kappa shape index (κ3) is 4.71. The second-order valence-corrected chi connectivity index (χ2v) is 10.9. The van der Waals surface area contributed by atoms with Crippen molar-refractivity contribution < 1.29 is 9.13 Å². The van der Waals surface area contributed by atoms with Crippen LogP contribution in [0.25, 0.3) is 11.0 Å². The number of alkyl halides is 1. The Labute approximate surface area is 216 Å². The number of rotatable bonds is 5. The van der Waals surface area contributed by atoms with E-state index in [1.165, 1.54) is 5.56 Å². The van der Waals surface area contributed by atoms with Crippen molar-refractivity contribution in [1.82, 2.24) is 14.5 Å². The van der Waals surface area contributed by atoms with Gasteiger partial charge in [0.05, 0.1) is 30.5 Å². The summed E-state index contributed by atoms with van der Waals surface area (Å²) in [5.41, 5.74) is 9.79. The first-order chi connectivity index (χ1) is 17.9. The van der Waals surface area contributed by atoms with Gasteiger partial charge in [0.2, 0.25) is 0 Å². The molecule has 9 heteroatoms. The molecule has 0 radical (unpaired) electrons. The topological polar surface area (TPSA) is 79.9 Å². The van der Waals surface area contributed by atoms with Crippen LogP contribution in [0.15, 0.2) is 53.5 Å². The van der Waals surface area contributed by atoms with E-state index in [0.717, 1.165) is 49.5 Å². The van der Waals surface area contributed by atoms with Crippen LogP contribution in [0.4, 0.5) is 15.8 Å². The lowest BCUT2D eigenvalue weighted by atomic mass is 9.91. The molecule has 8 nitrogen and oxygen atoms in total. The molecule has 5 heterocycles. The Hall–Kier alpha value is -3.01. The summed E-state index contributed by atoms with van der Waals surface area (Å²) in [6.45, 7) is 7.37. The SMILES string of the molecule is C[C@@H]1CN(c2cc(=O)n(C)c3ncccc23)C[C@H](CN2CC(c3ccc(N4C[C@@H](N)[C@H](F)C4)cc3)C2)O1. The van der Waals surface area contributed by atoms with Gasteiger partial charge in [0.1, 0.15) is 11.8 Å². The van der Waals surface area contributed by atoms with E-state index in [1.54, 1.807) is 23.9 Å². The fourth-order valence-electron chi connectivity index (χ4n) is 6.04. The van der Waals surface area contributed by atoms with E-state index in [9.17, 15) is 9.18 Å². The average Bonchev–Trinajstić information content (AvgIpc) is 3.21. The third-order valence-corrected chi connectivity index (χ3v) is 8.08. The average molecular weight is 507 g/mol. The number of hydrogen-bond acceptors (Lipinski definition) is 7. The molecule has 3 saturated heterocycles. The summed E-state index contributed by atoms with van der Waals surface area (Å²) in [5.74, 6) is 0.494. The number of halogens is 1. The maximum Gasteiger partial charge on any atom is 0.253 e. The minimum atomic E-state index is -0.955. The summed E-state index contributed by atoms with van der Waals surface area (Å²) < 4.78 is 21.7. The number of likely N-dealkylation sites (tertiary alicyclic amines) is 1. The Bertz CT molecular complexity index is 1310. The second-order valence-electron chi connectivity index (χ2n) is 10.9. The van der Waals surface area contributed by atoms with E-state index < -0.39 is 12.2 Å². The molecule has 0 saturated carbocycles. The summed E-state index contributed by atoms with van der Waals surface area (Å²) >= 11 is 0. The predicted molar refractivity (Wildman–Crippen MR) is 144 cm³/mol. The van der Waals surface area contributed by atoms with Crippen molar-refractivity contribution in [3.8, 4) is 0 Å². The van der Waals surface area contributed by atoms with Crippen LogP contribution in [-0.2, 0) is 11.8 Å². The Morgan fingerprint density at radius 2 is 1.84 bits per heavy atom. The van der Waals surface area contributed by atoms with Gasteiger partial charge < -0.3 is 20.3 Å². The van der Waals surface area contributed by atoms with Gasteiger partial charge in [-0.25, -0.2) is 9.37 Å². The van der Waals surface area contributed by atoms with Crippen molar-refractivity contribution in [2.45, 2.75) is 37.3 Å². The largest absolute Gasteiger partial charge is 0.370 e. The summed E-state index contributed by atoms with van der Waals surface area (Å²) in [6.07, 6.45) is 0.909. The maximum atomic E-state index is 13.8. The molecule has 6 rings (SSSR count). The standard InChI is InChI=1S/C28H35FN6O2/c1-18-11-35(26-10-27(36)32(2)28-23(26)4-3-9-31-28)15-22(37-18)14-33-12-20(13-33)19-5-7-21(8-6-19)34-16-24(29)25(30)17-34/h3-10,18,20,22,24-25H,11-17,30H2,1-2H3/t18-,22+,24-,25-/m1/s1. The molecule has 0 unspecified atom stereocenters. The minimum Gasteiger partial charge on any atom is -0.370 e. The number of morpholine rings is 1. The summed E-state index contributed by atoms with van der Waals surface area (Å²) in [7, 11) is 1.77. The fraction of sp³-hybridized carbons (Fsp3) is 0.500. The zero-order valence-corrected chi connectivity index (χ0v) is 21.5. The molecule has 3 aromatic rings. The quantitative estimate of drug-likeness (QED) is 0.568. The molecule has 3 aliphatic rings. The van der Waals surface area contributed by atoms with Crippen molar-refractivity contribution in [1.29, 1.82) is 0 Å². The van der Waals surface area contributed by atoms with Gasteiger partial charge in [0.25, 0.3) is 5.56 Å². The molecule has 37 heavy (non-hydrogen) atoms. The van der Waals surface area contributed by atoms with Crippen molar-refractivity contribution in [3.05, 3.63) is 64.6 Å². The normalized spacial score (nSPS) is 27.1. The molecule has 2 N–H and O–H groups in total. The highest BCUT2D eigenvalue weighted by Gasteiger charge is 2.34. The number of nitrogens with two attached hydrogens (primary N) is 1. The highest BCUT2D eigenvalue weighted by Crippen LogP contribution is 2.31. The van der Waals surface area contributed by atoms with E-state index in [2.05, 4.69) is 46.0 Å². The lowest BCUT2D eigenvalue weighted by molar-refractivity contribution is -0.0434. The number of anilines is 2. The first-order valence-corrected chi connectivity index (χ1v) is 13.2. The van der Waals surface area contributed by atoms with Gasteiger partial charge in [-0.2, -0.15) is 0 Å². The predicted octanol–water partition coefficient (Wildman–Crippen LogP) is 2.11. The second kappa shape index (κ2) is 9.70. The van der Waals surface area contributed by atoms with Crippen LogP contribution >= 0.6 is 0 Å². The van der Waals surface area contributed by atoms with Crippen LogP contribution < -0.4 is 21.1 Å². The Kier molecular flexibility index (Phi) is 6.38. The number of pyridine rings is 2. The number of aryl methyl sites for hydroxylation is 1. The minimum absolute atomic E-state index is 0.0504. The zero-order valence-electron chi connectivity index (χ0n) is 21.5. The highest BCUT2D eigenvalue weighted by molar-refractivity contribution is 5.89. The number of hydrogen-bond donors (Lipinski definition) is 1. The Morgan fingerprint density at radius 1 is 1.05 bits per heavy atom. The van der Waals surface area contributed by atoms with Crippen molar-refractivity contribution in [2.24, 2.45) is 12.8 Å². The molecule has 3 aliphatic heterocycles. The lowest BCUT2D eigenvalue weighted by Crippen LogP contribution is -2.55. The van der Waals surface area contributed by atoms with Crippen molar-refractivity contribution >= 4 is 22.4 Å². The highest BCUT2D eigenvalue weighted by atomic mass is 19.1. The summed E-state index contributed by atoms with van der Waals surface area (Å²) in [6, 6.07) is 13.8. The molecule has 196 valence electrons. The van der Waals surface area contributed by atoms with Gasteiger partial charge in [-0.05, 0) is 36.8 Å². The third-order valence-electron chi connectivity index (χ3n) is 8.08. The smallest absolute Gasteiger partial charge is 0.253 e. The van der Waals surface area contributed by atoms with Crippen LogP contribution in [0.5, 0.6) is 0 Å². The van der Waals surface area contributed by atoms with E-state index in [1.807, 2.05) is 17.0 Å². The van der Waals surface area contributed by atoms with E-state index in [-0.39, 0.29) is 17.8 Å².